The van der Waals surface area contributed by atoms with Crippen LogP contribution in [-0.2, 0) is 6.42 Å². The summed E-state index contributed by atoms with van der Waals surface area (Å²) in [6.07, 6.45) is 4.87. The van der Waals surface area contributed by atoms with E-state index in [0.29, 0.717) is 0 Å². The van der Waals surface area contributed by atoms with Crippen molar-refractivity contribution in [1.29, 1.82) is 0 Å². The molecule has 0 fully saturated rings. The van der Waals surface area contributed by atoms with Crippen molar-refractivity contribution in [2.24, 2.45) is 5.73 Å². The molecule has 1 nitrogen and oxygen atoms in total. The van der Waals surface area contributed by atoms with Crippen LogP contribution < -0.4 is 5.73 Å². The molecule has 88 valence electrons. The second-order valence-corrected chi connectivity index (χ2v) is 4.47. The fourth-order valence-electron chi connectivity index (χ4n) is 2.19. The summed E-state index contributed by atoms with van der Waals surface area (Å²) in [6, 6.07) is 15.1. The van der Waals surface area contributed by atoms with Gasteiger partial charge in [-0.3, -0.25) is 0 Å². The number of fused-ring (bicyclic) bond motifs is 1. The molecule has 1 atom stereocenters. The maximum atomic E-state index is 6.14. The molecule has 17 heavy (non-hydrogen) atoms. The molecule has 1 heteroatoms. The van der Waals surface area contributed by atoms with Crippen LogP contribution in [0.15, 0.2) is 55.1 Å². The third kappa shape index (κ3) is 2.95. The molecule has 1 unspecified atom stereocenters. The predicted molar refractivity (Wildman–Crippen MR) is 75.1 cm³/mol. The normalized spacial score (nSPS) is 12.5. The molecule has 0 spiro atoms. The van der Waals surface area contributed by atoms with E-state index in [0.717, 1.165) is 19.3 Å². The van der Waals surface area contributed by atoms with E-state index in [1.54, 1.807) is 0 Å². The molecule has 0 aliphatic heterocycles. The average Bonchev–Trinajstić information content (AvgIpc) is 2.37. The zero-order valence-corrected chi connectivity index (χ0v) is 10.1. The number of hydrogen-bond donors (Lipinski definition) is 1. The second kappa shape index (κ2) is 5.65. The largest absolute Gasteiger partial charge is 0.327 e. The van der Waals surface area contributed by atoms with Crippen LogP contribution >= 0.6 is 0 Å². The molecular formula is C16H19N. The predicted octanol–water partition coefficient (Wildman–Crippen LogP) is 3.68. The number of hydrogen-bond acceptors (Lipinski definition) is 1. The van der Waals surface area contributed by atoms with Gasteiger partial charge in [0.25, 0.3) is 0 Å². The van der Waals surface area contributed by atoms with Crippen molar-refractivity contribution in [3.63, 3.8) is 0 Å². The van der Waals surface area contributed by atoms with E-state index >= 15 is 0 Å². The lowest BCUT2D eigenvalue weighted by atomic mass is 9.97. The van der Waals surface area contributed by atoms with E-state index in [2.05, 4.69) is 49.0 Å². The molecule has 0 bridgehead atoms. The minimum absolute atomic E-state index is 0.221. The van der Waals surface area contributed by atoms with Crippen molar-refractivity contribution in [3.8, 4) is 0 Å². The van der Waals surface area contributed by atoms with Gasteiger partial charge in [0, 0.05) is 6.04 Å². The first kappa shape index (κ1) is 11.9. The standard InChI is InChI=1S/C16H19N/c1-2-3-10-15(17)12-14-9-6-8-13-7-4-5-11-16(13)14/h2,4-9,11,15H,1,3,10,12,17H2. The van der Waals surface area contributed by atoms with Crippen molar-refractivity contribution < 1.29 is 0 Å². The van der Waals surface area contributed by atoms with E-state index < -0.39 is 0 Å². The zero-order valence-electron chi connectivity index (χ0n) is 10.1. The summed E-state index contributed by atoms with van der Waals surface area (Å²) >= 11 is 0. The Hall–Kier alpha value is -1.60. The van der Waals surface area contributed by atoms with E-state index in [4.69, 9.17) is 5.73 Å². The Kier molecular flexibility index (Phi) is 3.94. The first-order valence-electron chi connectivity index (χ1n) is 6.14. The molecule has 0 amide bonds. The van der Waals surface area contributed by atoms with Gasteiger partial charge in [0.2, 0.25) is 0 Å². The van der Waals surface area contributed by atoms with Gasteiger partial charge in [-0.25, -0.2) is 0 Å². The van der Waals surface area contributed by atoms with Crippen molar-refractivity contribution in [2.45, 2.75) is 25.3 Å². The van der Waals surface area contributed by atoms with Gasteiger partial charge in [-0.05, 0) is 35.6 Å². The van der Waals surface area contributed by atoms with E-state index in [1.165, 1.54) is 16.3 Å². The average molecular weight is 225 g/mol. The summed E-state index contributed by atoms with van der Waals surface area (Å²) in [4.78, 5) is 0. The highest BCUT2D eigenvalue weighted by Gasteiger charge is 2.06. The molecular weight excluding hydrogens is 206 g/mol. The summed E-state index contributed by atoms with van der Waals surface area (Å²) in [7, 11) is 0. The molecule has 0 aliphatic carbocycles. The molecule has 2 aromatic carbocycles. The Morgan fingerprint density at radius 3 is 2.71 bits per heavy atom. The molecule has 2 aromatic rings. The maximum Gasteiger partial charge on any atom is 0.00824 e. The van der Waals surface area contributed by atoms with Crippen molar-refractivity contribution >= 4 is 10.8 Å². The van der Waals surface area contributed by atoms with Crippen LogP contribution in [0, 0.1) is 0 Å². The van der Waals surface area contributed by atoms with Gasteiger partial charge in [-0.15, -0.1) is 6.58 Å². The quantitative estimate of drug-likeness (QED) is 0.772. The number of benzene rings is 2. The lowest BCUT2D eigenvalue weighted by molar-refractivity contribution is 0.620. The summed E-state index contributed by atoms with van der Waals surface area (Å²) in [5, 5.41) is 2.62. The number of rotatable bonds is 5. The number of nitrogens with two attached hydrogens (primary N) is 1. The Morgan fingerprint density at radius 1 is 1.12 bits per heavy atom. The van der Waals surface area contributed by atoms with Crippen LogP contribution in [-0.4, -0.2) is 6.04 Å². The zero-order chi connectivity index (χ0) is 12.1. The monoisotopic (exact) mass is 225 g/mol. The third-order valence-electron chi connectivity index (χ3n) is 3.10. The molecule has 2 rings (SSSR count). The van der Waals surface area contributed by atoms with Crippen LogP contribution in [0.3, 0.4) is 0 Å². The minimum Gasteiger partial charge on any atom is -0.327 e. The van der Waals surface area contributed by atoms with Crippen LogP contribution in [0.25, 0.3) is 10.8 Å². The van der Waals surface area contributed by atoms with Gasteiger partial charge in [0.15, 0.2) is 0 Å². The summed E-state index contributed by atoms with van der Waals surface area (Å²) < 4.78 is 0. The molecule has 0 saturated heterocycles. The lowest BCUT2D eigenvalue weighted by Gasteiger charge is -2.12. The fourth-order valence-corrected chi connectivity index (χ4v) is 2.19. The van der Waals surface area contributed by atoms with Crippen LogP contribution in [0.1, 0.15) is 18.4 Å². The van der Waals surface area contributed by atoms with Crippen LogP contribution in [0.4, 0.5) is 0 Å². The topological polar surface area (TPSA) is 26.0 Å². The summed E-state index contributed by atoms with van der Waals surface area (Å²) in [6.45, 7) is 3.73. The molecule has 0 heterocycles. The van der Waals surface area contributed by atoms with E-state index in [-0.39, 0.29) is 6.04 Å². The van der Waals surface area contributed by atoms with E-state index in [9.17, 15) is 0 Å². The Morgan fingerprint density at radius 2 is 1.88 bits per heavy atom. The molecule has 0 aliphatic rings. The smallest absolute Gasteiger partial charge is 0.00824 e. The van der Waals surface area contributed by atoms with Gasteiger partial charge < -0.3 is 5.73 Å². The van der Waals surface area contributed by atoms with Crippen LogP contribution in [0.5, 0.6) is 0 Å². The summed E-state index contributed by atoms with van der Waals surface area (Å²) in [5.74, 6) is 0. The minimum atomic E-state index is 0.221. The molecule has 0 radical (unpaired) electrons. The van der Waals surface area contributed by atoms with Gasteiger partial charge >= 0.3 is 0 Å². The molecule has 0 aromatic heterocycles. The van der Waals surface area contributed by atoms with Gasteiger partial charge in [-0.2, -0.15) is 0 Å². The van der Waals surface area contributed by atoms with Crippen molar-refractivity contribution in [2.75, 3.05) is 0 Å². The summed E-state index contributed by atoms with van der Waals surface area (Å²) in [5.41, 5.74) is 7.48. The third-order valence-corrected chi connectivity index (χ3v) is 3.10. The Balaban J connectivity index is 2.20. The van der Waals surface area contributed by atoms with Crippen molar-refractivity contribution in [3.05, 3.63) is 60.7 Å². The van der Waals surface area contributed by atoms with E-state index in [1.807, 2.05) is 6.08 Å². The Labute approximate surface area is 103 Å². The highest BCUT2D eigenvalue weighted by Crippen LogP contribution is 2.20. The highest BCUT2D eigenvalue weighted by molar-refractivity contribution is 5.85. The highest BCUT2D eigenvalue weighted by atomic mass is 14.6. The van der Waals surface area contributed by atoms with Gasteiger partial charge in [0.1, 0.15) is 0 Å². The first-order chi connectivity index (χ1) is 8.31. The maximum absolute atomic E-state index is 6.14. The van der Waals surface area contributed by atoms with Gasteiger partial charge in [-0.1, -0.05) is 48.5 Å². The number of allylic oxidation sites excluding steroid dienone is 1. The van der Waals surface area contributed by atoms with Gasteiger partial charge in [0.05, 0.1) is 0 Å². The lowest BCUT2D eigenvalue weighted by Crippen LogP contribution is -2.22. The first-order valence-corrected chi connectivity index (χ1v) is 6.14. The van der Waals surface area contributed by atoms with Crippen molar-refractivity contribution in [1.82, 2.24) is 0 Å². The van der Waals surface area contributed by atoms with Crippen LogP contribution in [0.2, 0.25) is 0 Å². The second-order valence-electron chi connectivity index (χ2n) is 4.47. The molecule has 0 saturated carbocycles. The SMILES string of the molecule is C=CCCC(N)Cc1cccc2ccccc12. The molecule has 2 N–H and O–H groups in total. The Bertz CT molecular complexity index is 496. The fraction of sp³-hybridized carbons (Fsp3) is 0.250.